The van der Waals surface area contributed by atoms with Crippen LogP contribution in [0.3, 0.4) is 0 Å². The van der Waals surface area contributed by atoms with Crippen LogP contribution in [0.15, 0.2) is 0 Å². The zero-order valence-corrected chi connectivity index (χ0v) is 7.39. The highest BCUT2D eigenvalue weighted by Gasteiger charge is 2.21. The predicted octanol–water partition coefficient (Wildman–Crippen LogP) is -0.349. The lowest BCUT2D eigenvalue weighted by Crippen LogP contribution is -2.39. The van der Waals surface area contributed by atoms with Gasteiger partial charge in [0.15, 0.2) is 0 Å². The number of aliphatic hydroxyl groups is 1. The van der Waals surface area contributed by atoms with Gasteiger partial charge in [-0.05, 0) is 12.8 Å². The van der Waals surface area contributed by atoms with Crippen molar-refractivity contribution in [3.63, 3.8) is 0 Å². The molecule has 1 aliphatic heterocycles. The molecule has 0 aromatic carbocycles. The standard InChI is InChI=1S/C7H14N2O4/c10-6-5-8-3-1-7(2-4-8)13-9(11)12/h7,10H,1-6H2. The second-order valence-electron chi connectivity index (χ2n) is 3.09. The number of piperidine rings is 1. The van der Waals surface area contributed by atoms with Gasteiger partial charge in [0, 0.05) is 19.6 Å². The molecule has 6 heteroatoms. The molecule has 0 bridgehead atoms. The predicted molar refractivity (Wildman–Crippen MR) is 44.6 cm³/mol. The quantitative estimate of drug-likeness (QED) is 0.484. The zero-order chi connectivity index (χ0) is 9.68. The summed E-state index contributed by atoms with van der Waals surface area (Å²) in [6.07, 6.45) is 1.08. The number of hydrogen-bond acceptors (Lipinski definition) is 5. The Morgan fingerprint density at radius 3 is 2.62 bits per heavy atom. The largest absolute Gasteiger partial charge is 0.395 e. The summed E-state index contributed by atoms with van der Waals surface area (Å²) in [5, 5.41) is 17.9. The van der Waals surface area contributed by atoms with Crippen LogP contribution in [0.5, 0.6) is 0 Å². The zero-order valence-electron chi connectivity index (χ0n) is 7.39. The third-order valence-corrected chi connectivity index (χ3v) is 2.19. The molecule has 0 spiro atoms. The van der Waals surface area contributed by atoms with Crippen molar-refractivity contribution in [1.29, 1.82) is 0 Å². The Morgan fingerprint density at radius 2 is 2.15 bits per heavy atom. The monoisotopic (exact) mass is 190 g/mol. The summed E-state index contributed by atoms with van der Waals surface area (Å²) in [5.41, 5.74) is 0. The van der Waals surface area contributed by atoms with Crippen molar-refractivity contribution in [2.45, 2.75) is 18.9 Å². The first-order valence-electron chi connectivity index (χ1n) is 4.36. The maximum atomic E-state index is 10.0. The summed E-state index contributed by atoms with van der Waals surface area (Å²) in [5.74, 6) is 0. The van der Waals surface area contributed by atoms with E-state index in [-0.39, 0.29) is 12.7 Å². The molecule has 0 saturated carbocycles. The normalized spacial score (nSPS) is 20.1. The first kappa shape index (κ1) is 10.2. The summed E-state index contributed by atoms with van der Waals surface area (Å²) in [7, 11) is 0. The third-order valence-electron chi connectivity index (χ3n) is 2.19. The minimum Gasteiger partial charge on any atom is -0.395 e. The van der Waals surface area contributed by atoms with Crippen LogP contribution in [0.4, 0.5) is 0 Å². The molecule has 76 valence electrons. The molecule has 0 unspecified atom stereocenters. The van der Waals surface area contributed by atoms with Gasteiger partial charge in [-0.1, -0.05) is 0 Å². The molecule has 1 N–H and O–H groups in total. The Kier molecular flexibility index (Phi) is 3.91. The number of β-amino-alcohol motifs (C(OH)–C–C–N with tert-alkyl or cyclic N) is 1. The number of rotatable bonds is 4. The Labute approximate surface area is 76.2 Å². The summed E-state index contributed by atoms with van der Waals surface area (Å²) in [6.45, 7) is 2.31. The van der Waals surface area contributed by atoms with Gasteiger partial charge in [0.25, 0.3) is 5.09 Å². The number of hydrogen-bond donors (Lipinski definition) is 1. The van der Waals surface area contributed by atoms with Gasteiger partial charge in [-0.15, -0.1) is 10.1 Å². The van der Waals surface area contributed by atoms with Crippen molar-refractivity contribution in [3.05, 3.63) is 10.1 Å². The lowest BCUT2D eigenvalue weighted by molar-refractivity contribution is -0.769. The Bertz CT molecular complexity index is 168. The molecule has 1 fully saturated rings. The van der Waals surface area contributed by atoms with Crippen molar-refractivity contribution in [1.82, 2.24) is 4.90 Å². The molecule has 0 atom stereocenters. The smallest absolute Gasteiger partial charge is 0.294 e. The first-order chi connectivity index (χ1) is 6.22. The first-order valence-corrected chi connectivity index (χ1v) is 4.36. The second-order valence-corrected chi connectivity index (χ2v) is 3.09. The fraction of sp³-hybridized carbons (Fsp3) is 1.00. The Hall–Kier alpha value is -0.880. The van der Waals surface area contributed by atoms with E-state index in [2.05, 4.69) is 9.74 Å². The van der Waals surface area contributed by atoms with Crippen molar-refractivity contribution in [2.75, 3.05) is 26.2 Å². The summed E-state index contributed by atoms with van der Waals surface area (Å²) in [6, 6.07) is 0. The topological polar surface area (TPSA) is 75.8 Å². The highest BCUT2D eigenvalue weighted by atomic mass is 17.0. The van der Waals surface area contributed by atoms with Crippen LogP contribution in [0.1, 0.15) is 12.8 Å². The minimum atomic E-state index is -0.730. The van der Waals surface area contributed by atoms with Gasteiger partial charge in [-0.25, -0.2) is 0 Å². The van der Waals surface area contributed by atoms with E-state index in [9.17, 15) is 10.1 Å². The summed E-state index contributed by atoms with van der Waals surface area (Å²) >= 11 is 0. The van der Waals surface area contributed by atoms with Crippen LogP contribution in [0.2, 0.25) is 0 Å². The number of aliphatic hydroxyl groups excluding tert-OH is 1. The molecular formula is C7H14N2O4. The van der Waals surface area contributed by atoms with Gasteiger partial charge in [0.05, 0.1) is 6.61 Å². The maximum Gasteiger partial charge on any atom is 0.294 e. The average molecular weight is 190 g/mol. The summed E-state index contributed by atoms with van der Waals surface area (Å²) < 4.78 is 0. The van der Waals surface area contributed by atoms with Crippen molar-refractivity contribution in [2.24, 2.45) is 0 Å². The third kappa shape index (κ3) is 3.56. The molecule has 13 heavy (non-hydrogen) atoms. The van der Waals surface area contributed by atoms with E-state index in [1.807, 2.05) is 0 Å². The molecule has 0 aromatic heterocycles. The van der Waals surface area contributed by atoms with Gasteiger partial charge in [-0.3, -0.25) is 0 Å². The fourth-order valence-corrected chi connectivity index (χ4v) is 1.50. The van der Waals surface area contributed by atoms with E-state index in [1.54, 1.807) is 0 Å². The molecule has 1 aliphatic rings. The van der Waals surface area contributed by atoms with E-state index in [4.69, 9.17) is 5.11 Å². The number of likely N-dealkylation sites (tertiary alicyclic amines) is 1. The average Bonchev–Trinajstić information content (AvgIpc) is 2.08. The number of nitrogens with zero attached hydrogens (tertiary/aromatic N) is 2. The Balaban J connectivity index is 2.18. The van der Waals surface area contributed by atoms with E-state index in [0.29, 0.717) is 19.4 Å². The molecule has 6 nitrogen and oxygen atoms in total. The highest BCUT2D eigenvalue weighted by molar-refractivity contribution is 4.71. The summed E-state index contributed by atoms with van der Waals surface area (Å²) in [4.78, 5) is 16.5. The van der Waals surface area contributed by atoms with Gasteiger partial charge < -0.3 is 14.8 Å². The van der Waals surface area contributed by atoms with E-state index in [0.717, 1.165) is 13.1 Å². The SMILES string of the molecule is O=[N+]([O-])OC1CCN(CCO)CC1. The van der Waals surface area contributed by atoms with Crippen LogP contribution < -0.4 is 0 Å². The molecule has 1 heterocycles. The van der Waals surface area contributed by atoms with Crippen LogP contribution >= 0.6 is 0 Å². The molecule has 1 saturated heterocycles. The van der Waals surface area contributed by atoms with Gasteiger partial charge in [-0.2, -0.15) is 0 Å². The van der Waals surface area contributed by atoms with Crippen LogP contribution in [0.25, 0.3) is 0 Å². The minimum absolute atomic E-state index is 0.140. The molecule has 0 amide bonds. The van der Waals surface area contributed by atoms with E-state index >= 15 is 0 Å². The van der Waals surface area contributed by atoms with Crippen LogP contribution in [0, 0.1) is 10.1 Å². The fourth-order valence-electron chi connectivity index (χ4n) is 1.50. The van der Waals surface area contributed by atoms with Crippen molar-refractivity contribution < 1.29 is 15.0 Å². The van der Waals surface area contributed by atoms with Gasteiger partial charge in [0.1, 0.15) is 6.10 Å². The van der Waals surface area contributed by atoms with E-state index < -0.39 is 5.09 Å². The van der Waals surface area contributed by atoms with Crippen LogP contribution in [-0.2, 0) is 4.84 Å². The van der Waals surface area contributed by atoms with Gasteiger partial charge >= 0.3 is 0 Å². The van der Waals surface area contributed by atoms with Gasteiger partial charge in [0.2, 0.25) is 0 Å². The van der Waals surface area contributed by atoms with E-state index in [1.165, 1.54) is 0 Å². The maximum absolute atomic E-state index is 10.0. The van der Waals surface area contributed by atoms with Crippen molar-refractivity contribution in [3.8, 4) is 0 Å². The second kappa shape index (κ2) is 4.98. The molecule has 0 aromatic rings. The van der Waals surface area contributed by atoms with Crippen molar-refractivity contribution >= 4 is 0 Å². The molecular weight excluding hydrogens is 176 g/mol. The lowest BCUT2D eigenvalue weighted by Gasteiger charge is -2.29. The Morgan fingerprint density at radius 1 is 1.54 bits per heavy atom. The highest BCUT2D eigenvalue weighted by Crippen LogP contribution is 2.12. The molecule has 1 rings (SSSR count). The lowest BCUT2D eigenvalue weighted by atomic mass is 10.1. The molecule has 0 aliphatic carbocycles. The molecule has 0 radical (unpaired) electrons. The van der Waals surface area contributed by atoms with Crippen LogP contribution in [-0.4, -0.2) is 47.4 Å².